The van der Waals surface area contributed by atoms with Crippen molar-refractivity contribution < 1.29 is 8.98 Å². The number of hydrogen-bond donors (Lipinski definition) is 0. The molecule has 0 aliphatic carbocycles. The molecule has 6 heteroatoms. The number of aromatic nitrogens is 4. The average Bonchev–Trinajstić information content (AvgIpc) is 3.06. The van der Waals surface area contributed by atoms with Crippen LogP contribution in [-0.2, 0) is 0 Å². The van der Waals surface area contributed by atoms with Gasteiger partial charge in [-0.15, -0.1) is 15.9 Å². The molecule has 4 rings (SSSR count). The molecule has 86 valence electrons. The van der Waals surface area contributed by atoms with Gasteiger partial charge in [0, 0.05) is 12.3 Å². The highest BCUT2D eigenvalue weighted by molar-refractivity contribution is 7.16. The summed E-state index contributed by atoms with van der Waals surface area (Å²) in [6.45, 7) is 0. The van der Waals surface area contributed by atoms with Crippen LogP contribution in [0.15, 0.2) is 47.0 Å². The molecule has 0 fully saturated rings. The van der Waals surface area contributed by atoms with E-state index in [4.69, 9.17) is 4.42 Å². The van der Waals surface area contributed by atoms with Gasteiger partial charge in [0.25, 0.3) is 5.69 Å². The summed E-state index contributed by atoms with van der Waals surface area (Å²) in [6.07, 6.45) is 6.96. The van der Waals surface area contributed by atoms with Crippen LogP contribution in [0.25, 0.3) is 27.1 Å². The number of oxazole rings is 1. The van der Waals surface area contributed by atoms with Gasteiger partial charge in [-0.1, -0.05) is 0 Å². The minimum Gasteiger partial charge on any atom is -0.391 e. The van der Waals surface area contributed by atoms with Crippen LogP contribution in [0.4, 0.5) is 0 Å². The predicted octanol–water partition coefficient (Wildman–Crippen LogP) is 2.11. The normalized spacial score (nSPS) is 11.3. The molecule has 0 atom stereocenters. The minimum atomic E-state index is 0.694. The molecule has 0 aliphatic heterocycles. The zero-order valence-corrected chi connectivity index (χ0v) is 9.96. The molecule has 0 N–H and O–H groups in total. The fourth-order valence-corrected chi connectivity index (χ4v) is 2.64. The largest absolute Gasteiger partial charge is 0.406 e. The summed E-state index contributed by atoms with van der Waals surface area (Å²) in [4.78, 5) is 12.8. The molecule has 18 heavy (non-hydrogen) atoms. The maximum absolute atomic E-state index is 5.43. The smallest absolute Gasteiger partial charge is 0.391 e. The third-order valence-corrected chi connectivity index (χ3v) is 3.53. The molecule has 0 aliphatic rings. The lowest BCUT2D eigenvalue weighted by Gasteiger charge is -1.95. The second kappa shape index (κ2) is 3.58. The van der Waals surface area contributed by atoms with E-state index in [0.717, 1.165) is 21.4 Å². The SMILES string of the molecule is c1cc2ncoc2[n+](-c2cncc3scnc23)c1. The van der Waals surface area contributed by atoms with Crippen LogP contribution in [0.1, 0.15) is 0 Å². The molecule has 0 saturated carbocycles. The summed E-state index contributed by atoms with van der Waals surface area (Å²) in [5.41, 5.74) is 5.14. The van der Waals surface area contributed by atoms with Gasteiger partial charge < -0.3 is 4.42 Å². The molecular weight excluding hydrogens is 248 g/mol. The van der Waals surface area contributed by atoms with E-state index in [2.05, 4.69) is 15.0 Å². The highest BCUT2D eigenvalue weighted by atomic mass is 32.1. The molecule has 0 bridgehead atoms. The number of fused-ring (bicyclic) bond motifs is 2. The van der Waals surface area contributed by atoms with Crippen molar-refractivity contribution in [2.45, 2.75) is 0 Å². The van der Waals surface area contributed by atoms with E-state index in [0.29, 0.717) is 5.71 Å². The minimum absolute atomic E-state index is 0.694. The molecule has 5 nitrogen and oxygen atoms in total. The van der Waals surface area contributed by atoms with Crippen molar-refractivity contribution in [3.8, 4) is 5.69 Å². The first-order chi connectivity index (χ1) is 8.93. The van der Waals surface area contributed by atoms with E-state index in [9.17, 15) is 0 Å². The number of nitrogens with zero attached hydrogens (tertiary/aromatic N) is 4. The van der Waals surface area contributed by atoms with Crippen molar-refractivity contribution in [3.05, 3.63) is 42.6 Å². The lowest BCUT2D eigenvalue weighted by Crippen LogP contribution is -2.31. The molecule has 0 unspecified atom stereocenters. The summed E-state index contributed by atoms with van der Waals surface area (Å²) >= 11 is 1.57. The number of thiazole rings is 1. The summed E-state index contributed by atoms with van der Waals surface area (Å²) < 4.78 is 8.40. The molecule has 0 aromatic carbocycles. The molecule has 0 saturated heterocycles. The Morgan fingerprint density at radius 3 is 3.22 bits per heavy atom. The Morgan fingerprint density at radius 1 is 1.22 bits per heavy atom. The van der Waals surface area contributed by atoms with Crippen LogP contribution >= 0.6 is 11.3 Å². The number of rotatable bonds is 1. The van der Waals surface area contributed by atoms with Gasteiger partial charge in [-0.05, 0) is 6.07 Å². The van der Waals surface area contributed by atoms with Gasteiger partial charge in [0.15, 0.2) is 23.6 Å². The first kappa shape index (κ1) is 9.67. The van der Waals surface area contributed by atoms with Crippen LogP contribution < -0.4 is 4.57 Å². The molecule has 0 radical (unpaired) electrons. The van der Waals surface area contributed by atoms with Crippen molar-refractivity contribution >= 4 is 32.8 Å². The Labute approximate surface area is 105 Å². The Bertz CT molecular complexity index is 779. The Hall–Kier alpha value is -2.34. The Morgan fingerprint density at radius 2 is 2.22 bits per heavy atom. The topological polar surface area (TPSA) is 55.7 Å². The van der Waals surface area contributed by atoms with E-state index in [1.165, 1.54) is 6.39 Å². The van der Waals surface area contributed by atoms with Crippen molar-refractivity contribution in [1.82, 2.24) is 15.0 Å². The third kappa shape index (κ3) is 1.26. The molecule has 0 spiro atoms. The predicted molar refractivity (Wildman–Crippen MR) is 66.5 cm³/mol. The monoisotopic (exact) mass is 255 g/mol. The zero-order chi connectivity index (χ0) is 11.9. The summed E-state index contributed by atoms with van der Waals surface area (Å²) in [6, 6.07) is 3.83. The lowest BCUT2D eigenvalue weighted by molar-refractivity contribution is -0.573. The van der Waals surface area contributed by atoms with E-state index in [1.807, 2.05) is 34.6 Å². The second-order valence-electron chi connectivity index (χ2n) is 3.78. The van der Waals surface area contributed by atoms with Crippen LogP contribution in [0.2, 0.25) is 0 Å². The van der Waals surface area contributed by atoms with Gasteiger partial charge in [0.1, 0.15) is 6.20 Å². The molecule has 4 heterocycles. The summed E-state index contributed by atoms with van der Waals surface area (Å²) in [5, 5.41) is 0. The Balaban J connectivity index is 2.13. The van der Waals surface area contributed by atoms with Crippen LogP contribution in [-0.4, -0.2) is 15.0 Å². The first-order valence-corrected chi connectivity index (χ1v) is 6.23. The molecule has 4 aromatic heterocycles. The molecular formula is C12H7N4OS+. The maximum Gasteiger partial charge on any atom is 0.406 e. The van der Waals surface area contributed by atoms with Crippen molar-refractivity contribution in [3.63, 3.8) is 0 Å². The number of pyridine rings is 2. The zero-order valence-electron chi connectivity index (χ0n) is 9.15. The second-order valence-corrected chi connectivity index (χ2v) is 4.67. The van der Waals surface area contributed by atoms with E-state index >= 15 is 0 Å². The Kier molecular flexibility index (Phi) is 1.92. The molecule has 0 amide bonds. The van der Waals surface area contributed by atoms with Gasteiger partial charge in [-0.2, -0.15) is 0 Å². The standard InChI is InChI=1S/C12H7N4OS/c1-2-8-12(17-6-14-8)16(3-1)9-4-13-5-10-11(9)15-7-18-10/h1-7H/q+1. The van der Waals surface area contributed by atoms with E-state index in [-0.39, 0.29) is 0 Å². The quantitative estimate of drug-likeness (QED) is 0.489. The van der Waals surface area contributed by atoms with Crippen molar-refractivity contribution in [1.29, 1.82) is 0 Å². The fraction of sp³-hybridized carbons (Fsp3) is 0. The van der Waals surface area contributed by atoms with Crippen molar-refractivity contribution in [2.75, 3.05) is 0 Å². The average molecular weight is 255 g/mol. The van der Waals surface area contributed by atoms with Crippen molar-refractivity contribution in [2.24, 2.45) is 0 Å². The highest BCUT2D eigenvalue weighted by Gasteiger charge is 2.20. The highest BCUT2D eigenvalue weighted by Crippen LogP contribution is 2.20. The third-order valence-electron chi connectivity index (χ3n) is 2.77. The maximum atomic E-state index is 5.43. The van der Waals surface area contributed by atoms with E-state index in [1.54, 1.807) is 17.5 Å². The first-order valence-electron chi connectivity index (χ1n) is 5.35. The van der Waals surface area contributed by atoms with Crippen LogP contribution in [0.3, 0.4) is 0 Å². The summed E-state index contributed by atoms with van der Waals surface area (Å²) in [5.74, 6) is 0. The van der Waals surface area contributed by atoms with Crippen LogP contribution in [0.5, 0.6) is 0 Å². The fourth-order valence-electron chi connectivity index (χ4n) is 1.97. The van der Waals surface area contributed by atoms with Crippen LogP contribution in [0, 0.1) is 0 Å². The van der Waals surface area contributed by atoms with Gasteiger partial charge in [-0.25, -0.2) is 9.97 Å². The lowest BCUT2D eigenvalue weighted by atomic mass is 10.3. The summed E-state index contributed by atoms with van der Waals surface area (Å²) in [7, 11) is 0. The van der Waals surface area contributed by atoms with E-state index < -0.39 is 0 Å². The van der Waals surface area contributed by atoms with Gasteiger partial charge in [0.2, 0.25) is 0 Å². The number of hydrogen-bond acceptors (Lipinski definition) is 5. The van der Waals surface area contributed by atoms with Gasteiger partial charge in [-0.3, -0.25) is 4.98 Å². The van der Waals surface area contributed by atoms with Gasteiger partial charge in [0.05, 0.1) is 10.2 Å². The van der Waals surface area contributed by atoms with Gasteiger partial charge >= 0.3 is 5.71 Å². The molecule has 4 aromatic rings.